The van der Waals surface area contributed by atoms with E-state index in [0.29, 0.717) is 12.8 Å². The van der Waals surface area contributed by atoms with Gasteiger partial charge in [-0.05, 0) is 64.7 Å². The first-order chi connectivity index (χ1) is 45.3. The molecule has 0 saturated carbocycles. The highest BCUT2D eigenvalue weighted by Crippen LogP contribution is 2.33. The molecule has 3 fully saturated rings. The maximum Gasteiger partial charge on any atom is 0.220 e. The second kappa shape index (κ2) is 55.6. The highest BCUT2D eigenvalue weighted by Gasteiger charge is 2.53. The van der Waals surface area contributed by atoms with Gasteiger partial charge in [-0.1, -0.05) is 261 Å². The van der Waals surface area contributed by atoms with Crippen LogP contribution in [0.4, 0.5) is 0 Å². The Balaban J connectivity index is 1.25. The van der Waals surface area contributed by atoms with Crippen molar-refractivity contribution in [3.8, 4) is 0 Å². The number of amides is 1. The Bertz CT molecular complexity index is 1870. The molecule has 3 heterocycles. The predicted molar refractivity (Wildman–Crippen MR) is 365 cm³/mol. The molecule has 0 bridgehead atoms. The SMILES string of the molecule is C/C=C/CC/C=C/CC/C=C/C(O)C(COC1OC(CO)C(OC2OC(CO)C(OC3OC(CO)C(O)C(O)C3O)C(O)C2O)C(O)C1O)NC(=O)CCCCCCCCCCCCCCCCCCCCCCCCCCCCC/C=C\CCCCCCCCCC. The van der Waals surface area contributed by atoms with Gasteiger partial charge in [0.2, 0.25) is 5.91 Å². The fourth-order valence-corrected chi connectivity index (χ4v) is 12.6. The molecule has 0 radical (unpaired) electrons. The molecule has 19 heteroatoms. The Kier molecular flexibility index (Phi) is 50.8. The Morgan fingerprint density at radius 3 is 1.14 bits per heavy atom. The number of allylic oxidation sites excluding steroid dienone is 7. The molecular formula is C74H135NO18. The molecule has 3 aliphatic heterocycles. The number of nitrogens with one attached hydrogen (secondary N) is 1. The third-order valence-corrected chi connectivity index (χ3v) is 18.7. The van der Waals surface area contributed by atoms with E-state index in [-0.39, 0.29) is 18.9 Å². The average Bonchev–Trinajstić information content (AvgIpc) is 0.900. The molecule has 0 aliphatic carbocycles. The third kappa shape index (κ3) is 37.0. The van der Waals surface area contributed by atoms with Gasteiger partial charge in [-0.25, -0.2) is 0 Å². The van der Waals surface area contributed by atoms with Gasteiger partial charge in [-0.15, -0.1) is 0 Å². The smallest absolute Gasteiger partial charge is 0.220 e. The number of aliphatic hydroxyl groups is 11. The summed E-state index contributed by atoms with van der Waals surface area (Å²) in [6.45, 7) is 1.47. The first kappa shape index (κ1) is 85.0. The number of rotatable bonds is 58. The molecule has 3 aliphatic rings. The summed E-state index contributed by atoms with van der Waals surface area (Å²) < 4.78 is 34.2. The number of unbranched alkanes of at least 4 members (excludes halogenated alkanes) is 37. The van der Waals surface area contributed by atoms with Crippen molar-refractivity contribution in [3.63, 3.8) is 0 Å². The van der Waals surface area contributed by atoms with Crippen LogP contribution in [0.15, 0.2) is 48.6 Å². The molecule has 544 valence electrons. The molecule has 17 unspecified atom stereocenters. The third-order valence-electron chi connectivity index (χ3n) is 18.7. The number of aliphatic hydroxyl groups excluding tert-OH is 11. The lowest BCUT2D eigenvalue weighted by atomic mass is 9.96. The van der Waals surface area contributed by atoms with Crippen LogP contribution in [0.25, 0.3) is 0 Å². The van der Waals surface area contributed by atoms with E-state index in [4.69, 9.17) is 28.4 Å². The monoisotopic (exact) mass is 1330 g/mol. The second-order valence-corrected chi connectivity index (χ2v) is 26.8. The Labute approximate surface area is 561 Å². The minimum atomic E-state index is -1.98. The molecule has 0 aromatic rings. The molecule has 1 amide bonds. The van der Waals surface area contributed by atoms with Gasteiger partial charge in [-0.2, -0.15) is 0 Å². The number of carbonyl (C=O) groups excluding carboxylic acids is 1. The van der Waals surface area contributed by atoms with E-state index >= 15 is 0 Å². The first-order valence-electron chi connectivity index (χ1n) is 37.4. The summed E-state index contributed by atoms with van der Waals surface area (Å²) in [5.74, 6) is -0.289. The summed E-state index contributed by atoms with van der Waals surface area (Å²) in [6, 6.07) is -0.993. The van der Waals surface area contributed by atoms with E-state index in [0.717, 1.165) is 38.5 Å². The molecule has 0 spiro atoms. The normalized spacial score (nSPS) is 27.8. The first-order valence-corrected chi connectivity index (χ1v) is 37.4. The van der Waals surface area contributed by atoms with Crippen LogP contribution in [0, 0.1) is 0 Å². The number of ether oxygens (including phenoxy) is 6. The summed E-state index contributed by atoms with van der Waals surface area (Å²) in [5.41, 5.74) is 0. The summed E-state index contributed by atoms with van der Waals surface area (Å²) in [4.78, 5) is 13.3. The number of hydrogen-bond acceptors (Lipinski definition) is 18. The van der Waals surface area contributed by atoms with Gasteiger partial charge >= 0.3 is 0 Å². The molecule has 17 atom stereocenters. The van der Waals surface area contributed by atoms with Crippen LogP contribution in [-0.2, 0) is 33.2 Å². The highest BCUT2D eigenvalue weighted by atomic mass is 16.8. The van der Waals surface area contributed by atoms with Crippen LogP contribution >= 0.6 is 0 Å². The highest BCUT2D eigenvalue weighted by molar-refractivity contribution is 5.76. The Morgan fingerprint density at radius 1 is 0.398 bits per heavy atom. The summed E-state index contributed by atoms with van der Waals surface area (Å²) in [7, 11) is 0. The molecule has 3 rings (SSSR count). The zero-order valence-electron chi connectivity index (χ0n) is 57.7. The lowest BCUT2D eigenvalue weighted by Gasteiger charge is -2.48. The van der Waals surface area contributed by atoms with Crippen LogP contribution in [0.1, 0.15) is 284 Å². The Hall–Kier alpha value is -2.25. The van der Waals surface area contributed by atoms with E-state index in [2.05, 4.69) is 42.6 Å². The van der Waals surface area contributed by atoms with Crippen molar-refractivity contribution in [1.82, 2.24) is 5.32 Å². The fraction of sp³-hybridized carbons (Fsp3) is 0.878. The maximum atomic E-state index is 13.3. The molecule has 3 saturated heterocycles. The van der Waals surface area contributed by atoms with Gasteiger partial charge in [0.05, 0.1) is 38.6 Å². The van der Waals surface area contributed by atoms with Gasteiger partial charge in [0.15, 0.2) is 18.9 Å². The van der Waals surface area contributed by atoms with Crippen molar-refractivity contribution >= 4 is 5.91 Å². The van der Waals surface area contributed by atoms with Crippen molar-refractivity contribution in [2.24, 2.45) is 0 Å². The molecule has 0 aromatic carbocycles. The lowest BCUT2D eigenvalue weighted by molar-refractivity contribution is -0.379. The quantitative estimate of drug-likeness (QED) is 0.0199. The van der Waals surface area contributed by atoms with Gasteiger partial charge < -0.3 is 89.9 Å². The number of carbonyl (C=O) groups is 1. The summed E-state index contributed by atoms with van der Waals surface area (Å²) in [6.07, 6.45) is 42.0. The van der Waals surface area contributed by atoms with Crippen molar-refractivity contribution in [1.29, 1.82) is 0 Å². The van der Waals surface area contributed by atoms with E-state index in [1.807, 2.05) is 19.1 Å². The largest absolute Gasteiger partial charge is 0.394 e. The molecule has 19 nitrogen and oxygen atoms in total. The van der Waals surface area contributed by atoms with Crippen LogP contribution in [0.5, 0.6) is 0 Å². The van der Waals surface area contributed by atoms with Crippen molar-refractivity contribution in [2.75, 3.05) is 26.4 Å². The molecule has 12 N–H and O–H groups in total. The van der Waals surface area contributed by atoms with Crippen LogP contribution in [0.3, 0.4) is 0 Å². The minimum Gasteiger partial charge on any atom is -0.394 e. The van der Waals surface area contributed by atoms with Crippen LogP contribution in [-0.4, -0.2) is 193 Å². The van der Waals surface area contributed by atoms with E-state index < -0.39 is 124 Å². The zero-order valence-corrected chi connectivity index (χ0v) is 57.7. The van der Waals surface area contributed by atoms with Gasteiger partial charge in [0.1, 0.15) is 73.2 Å². The van der Waals surface area contributed by atoms with Crippen LogP contribution in [0.2, 0.25) is 0 Å². The Morgan fingerprint density at radius 2 is 0.731 bits per heavy atom. The fourth-order valence-electron chi connectivity index (χ4n) is 12.6. The molecule has 93 heavy (non-hydrogen) atoms. The maximum absolute atomic E-state index is 13.3. The minimum absolute atomic E-state index is 0.234. The van der Waals surface area contributed by atoms with Gasteiger partial charge in [-0.3, -0.25) is 4.79 Å². The predicted octanol–water partition coefficient (Wildman–Crippen LogP) is 10.9. The van der Waals surface area contributed by atoms with Crippen molar-refractivity contribution < 1.29 is 89.4 Å². The zero-order chi connectivity index (χ0) is 67.5. The van der Waals surface area contributed by atoms with E-state index in [1.54, 1.807) is 6.08 Å². The second-order valence-electron chi connectivity index (χ2n) is 26.8. The summed E-state index contributed by atoms with van der Waals surface area (Å²) in [5, 5.41) is 120. The number of hydrogen-bond donors (Lipinski definition) is 12. The topological polar surface area (TPSA) is 307 Å². The van der Waals surface area contributed by atoms with Gasteiger partial charge in [0.25, 0.3) is 0 Å². The molecule has 0 aromatic heterocycles. The standard InChI is InChI=1S/C74H135NO18/c1-3-5-7-9-11-13-14-15-16-17-18-19-20-21-22-23-24-25-26-27-28-29-30-31-32-33-34-35-36-37-38-39-40-41-42-44-46-48-50-52-62(80)75-57(58(79)51-49-47-45-43-12-10-8-6-4-2)56-88-72-68(86)65(83)70(60(54-77)90-72)93-74-69(87)66(84)71(61(55-78)91-74)92-73-67(85)64(82)63(81)59(53-76)89-73/h4,6,12,17-18,43,49,51,57-61,63-74,76-79,81-87H,3,5,7-11,13-16,19-42,44-48,50,52-56H2,1-2H3,(H,75,80)/b6-4+,18-17-,43-12+,51-49+. The van der Waals surface area contributed by atoms with E-state index in [1.165, 1.54) is 212 Å². The lowest BCUT2D eigenvalue weighted by Crippen LogP contribution is -2.66. The van der Waals surface area contributed by atoms with Crippen LogP contribution < -0.4 is 5.32 Å². The average molecular weight is 1330 g/mol. The van der Waals surface area contributed by atoms with Crippen molar-refractivity contribution in [2.45, 2.75) is 388 Å². The van der Waals surface area contributed by atoms with E-state index in [9.17, 15) is 61.0 Å². The molecular weight excluding hydrogens is 1190 g/mol. The summed E-state index contributed by atoms with van der Waals surface area (Å²) >= 11 is 0. The van der Waals surface area contributed by atoms with Gasteiger partial charge in [0, 0.05) is 6.42 Å². The van der Waals surface area contributed by atoms with Crippen molar-refractivity contribution in [3.05, 3.63) is 48.6 Å².